The minimum absolute atomic E-state index is 0.137. The van der Waals surface area contributed by atoms with E-state index in [0.29, 0.717) is 19.8 Å². The zero-order chi connectivity index (χ0) is 12.5. The molecule has 94 valence electrons. The molecule has 17 heavy (non-hydrogen) atoms. The summed E-state index contributed by atoms with van der Waals surface area (Å²) in [5.41, 5.74) is 0.256. The summed E-state index contributed by atoms with van der Waals surface area (Å²) in [6, 6.07) is 3.18. The second-order valence-corrected chi connectivity index (χ2v) is 3.44. The molecule has 0 spiro atoms. The molecule has 0 unspecified atom stereocenters. The third-order valence-electron chi connectivity index (χ3n) is 1.87. The lowest BCUT2D eigenvalue weighted by Crippen LogP contribution is -2.13. The molecule has 0 N–H and O–H groups in total. The van der Waals surface area contributed by atoms with Crippen LogP contribution in [0.2, 0.25) is 5.15 Å². The van der Waals surface area contributed by atoms with E-state index in [1.165, 1.54) is 6.20 Å². The number of esters is 1. The first-order chi connectivity index (χ1) is 8.25. The smallest absolute Gasteiger partial charge is 0.341 e. The molecule has 6 heteroatoms. The van der Waals surface area contributed by atoms with Crippen molar-refractivity contribution in [3.63, 3.8) is 0 Å². The monoisotopic (exact) mass is 259 g/mol. The van der Waals surface area contributed by atoms with Gasteiger partial charge in [-0.25, -0.2) is 9.78 Å². The molecule has 0 aromatic carbocycles. The van der Waals surface area contributed by atoms with Crippen molar-refractivity contribution in [3.05, 3.63) is 29.0 Å². The van der Waals surface area contributed by atoms with Gasteiger partial charge in [-0.2, -0.15) is 0 Å². The minimum Gasteiger partial charge on any atom is -0.460 e. The third-order valence-corrected chi connectivity index (χ3v) is 2.17. The molecule has 0 saturated heterocycles. The first-order valence-corrected chi connectivity index (χ1v) is 5.48. The average Bonchev–Trinajstić information content (AvgIpc) is 2.34. The summed E-state index contributed by atoms with van der Waals surface area (Å²) in [5.74, 6) is -0.501. The van der Waals surface area contributed by atoms with Gasteiger partial charge in [-0.1, -0.05) is 11.6 Å². The van der Waals surface area contributed by atoms with Crippen molar-refractivity contribution < 1.29 is 19.0 Å². The molecular weight excluding hydrogens is 246 g/mol. The van der Waals surface area contributed by atoms with E-state index in [1.807, 2.05) is 0 Å². The summed E-state index contributed by atoms with van der Waals surface area (Å²) < 4.78 is 14.9. The van der Waals surface area contributed by atoms with Crippen LogP contribution in [0.1, 0.15) is 10.4 Å². The lowest BCUT2D eigenvalue weighted by atomic mass is 10.3. The van der Waals surface area contributed by atoms with Gasteiger partial charge in [-0.15, -0.1) is 0 Å². The van der Waals surface area contributed by atoms with E-state index in [4.69, 9.17) is 25.8 Å². The van der Waals surface area contributed by atoms with Crippen LogP contribution < -0.4 is 0 Å². The van der Waals surface area contributed by atoms with Crippen molar-refractivity contribution >= 4 is 17.6 Å². The molecule has 1 aromatic heterocycles. The Bertz CT molecular complexity index is 359. The van der Waals surface area contributed by atoms with Gasteiger partial charge in [0, 0.05) is 13.3 Å². The summed E-state index contributed by atoms with van der Waals surface area (Å²) in [6.45, 7) is 1.49. The van der Waals surface area contributed by atoms with Crippen molar-refractivity contribution in [2.24, 2.45) is 0 Å². The molecular formula is C11H14ClNO4. The maximum atomic E-state index is 11.5. The van der Waals surface area contributed by atoms with Crippen LogP contribution in [0.15, 0.2) is 18.3 Å². The molecule has 5 nitrogen and oxygen atoms in total. The molecule has 0 atom stereocenters. The van der Waals surface area contributed by atoms with Crippen molar-refractivity contribution in [2.45, 2.75) is 0 Å². The Kier molecular flexibility index (Phi) is 6.54. The number of ether oxygens (including phenoxy) is 3. The fourth-order valence-corrected chi connectivity index (χ4v) is 1.25. The van der Waals surface area contributed by atoms with Gasteiger partial charge in [0.2, 0.25) is 0 Å². The van der Waals surface area contributed by atoms with Crippen LogP contribution in [0, 0.1) is 0 Å². The first-order valence-electron chi connectivity index (χ1n) is 5.10. The minimum atomic E-state index is -0.501. The van der Waals surface area contributed by atoms with E-state index in [0.717, 1.165) is 0 Å². The molecule has 1 aromatic rings. The fraction of sp³-hybridized carbons (Fsp3) is 0.455. The number of carbonyl (C=O) groups excluding carboxylic acids is 1. The molecule has 0 saturated carbocycles. The van der Waals surface area contributed by atoms with Gasteiger partial charge in [0.25, 0.3) is 0 Å². The van der Waals surface area contributed by atoms with Crippen LogP contribution in [-0.2, 0) is 14.2 Å². The van der Waals surface area contributed by atoms with Gasteiger partial charge < -0.3 is 14.2 Å². The van der Waals surface area contributed by atoms with Gasteiger partial charge in [-0.05, 0) is 12.1 Å². The van der Waals surface area contributed by atoms with Crippen molar-refractivity contribution in [1.82, 2.24) is 4.98 Å². The molecule has 0 fully saturated rings. The quantitative estimate of drug-likeness (QED) is 0.422. The standard InChI is InChI=1S/C11H14ClNO4/c1-15-5-6-16-7-8-17-11(14)9-3-2-4-13-10(9)12/h2-4H,5-8H2,1H3. The Morgan fingerprint density at radius 2 is 2.12 bits per heavy atom. The number of hydrogen-bond donors (Lipinski definition) is 0. The summed E-state index contributed by atoms with van der Waals surface area (Å²) in [5, 5.41) is 0.137. The molecule has 0 aliphatic heterocycles. The summed E-state index contributed by atoms with van der Waals surface area (Å²) in [4.78, 5) is 15.3. The van der Waals surface area contributed by atoms with Crippen molar-refractivity contribution in [3.8, 4) is 0 Å². The number of methoxy groups -OCH3 is 1. The van der Waals surface area contributed by atoms with Crippen LogP contribution in [0.25, 0.3) is 0 Å². The van der Waals surface area contributed by atoms with Crippen molar-refractivity contribution in [1.29, 1.82) is 0 Å². The molecule has 1 heterocycles. The Morgan fingerprint density at radius 3 is 2.82 bits per heavy atom. The SMILES string of the molecule is COCCOCCOC(=O)c1cccnc1Cl. The van der Waals surface area contributed by atoms with Crippen LogP contribution >= 0.6 is 11.6 Å². The Morgan fingerprint density at radius 1 is 1.35 bits per heavy atom. The predicted molar refractivity (Wildman–Crippen MR) is 62.2 cm³/mol. The van der Waals surface area contributed by atoms with E-state index in [1.54, 1.807) is 19.2 Å². The number of hydrogen-bond acceptors (Lipinski definition) is 5. The zero-order valence-electron chi connectivity index (χ0n) is 9.52. The average molecular weight is 260 g/mol. The fourth-order valence-electron chi connectivity index (χ4n) is 1.05. The highest BCUT2D eigenvalue weighted by atomic mass is 35.5. The van der Waals surface area contributed by atoms with E-state index in [2.05, 4.69) is 4.98 Å². The van der Waals surface area contributed by atoms with Gasteiger partial charge in [0.15, 0.2) is 0 Å². The van der Waals surface area contributed by atoms with Crippen molar-refractivity contribution in [2.75, 3.05) is 33.5 Å². The second kappa shape index (κ2) is 8.00. The van der Waals surface area contributed by atoms with Gasteiger partial charge >= 0.3 is 5.97 Å². The van der Waals surface area contributed by atoms with E-state index in [9.17, 15) is 4.79 Å². The van der Waals surface area contributed by atoms with Crippen LogP contribution in [-0.4, -0.2) is 44.5 Å². The lowest BCUT2D eigenvalue weighted by molar-refractivity contribution is 0.0213. The maximum Gasteiger partial charge on any atom is 0.341 e. The third kappa shape index (κ3) is 5.12. The number of carbonyl (C=O) groups is 1. The highest BCUT2D eigenvalue weighted by Gasteiger charge is 2.11. The van der Waals surface area contributed by atoms with Crippen LogP contribution in [0.5, 0.6) is 0 Å². The predicted octanol–water partition coefficient (Wildman–Crippen LogP) is 1.55. The highest BCUT2D eigenvalue weighted by Crippen LogP contribution is 2.12. The maximum absolute atomic E-state index is 11.5. The molecule has 0 aliphatic rings. The number of halogens is 1. The van der Waals surface area contributed by atoms with E-state index >= 15 is 0 Å². The van der Waals surface area contributed by atoms with Gasteiger partial charge in [-0.3, -0.25) is 0 Å². The second-order valence-electron chi connectivity index (χ2n) is 3.08. The Hall–Kier alpha value is -1.17. The molecule has 0 aliphatic carbocycles. The van der Waals surface area contributed by atoms with Crippen LogP contribution in [0.3, 0.4) is 0 Å². The van der Waals surface area contributed by atoms with E-state index in [-0.39, 0.29) is 17.3 Å². The largest absolute Gasteiger partial charge is 0.460 e. The van der Waals surface area contributed by atoms with Gasteiger partial charge in [0.1, 0.15) is 11.8 Å². The number of pyridine rings is 1. The normalized spacial score (nSPS) is 10.2. The number of nitrogens with zero attached hydrogens (tertiary/aromatic N) is 1. The molecule has 1 rings (SSSR count). The molecule has 0 bridgehead atoms. The summed E-state index contributed by atoms with van der Waals surface area (Å²) in [7, 11) is 1.59. The zero-order valence-corrected chi connectivity index (χ0v) is 10.3. The highest BCUT2D eigenvalue weighted by molar-refractivity contribution is 6.32. The van der Waals surface area contributed by atoms with E-state index < -0.39 is 5.97 Å². The summed E-state index contributed by atoms with van der Waals surface area (Å²) >= 11 is 5.74. The molecule has 0 amide bonds. The van der Waals surface area contributed by atoms with Crippen LogP contribution in [0.4, 0.5) is 0 Å². The Labute approximate surface area is 105 Å². The number of rotatable bonds is 7. The first kappa shape index (κ1) is 13.9. The van der Waals surface area contributed by atoms with Gasteiger partial charge in [0.05, 0.1) is 25.4 Å². The summed E-state index contributed by atoms with van der Waals surface area (Å²) in [6.07, 6.45) is 1.51. The Balaban J connectivity index is 2.24. The molecule has 0 radical (unpaired) electrons. The number of aromatic nitrogens is 1. The lowest BCUT2D eigenvalue weighted by Gasteiger charge is -2.06. The topological polar surface area (TPSA) is 57.7 Å².